The Morgan fingerprint density at radius 3 is 2.89 bits per heavy atom. The van der Waals surface area contributed by atoms with Crippen LogP contribution in [0.2, 0.25) is 0 Å². The second kappa shape index (κ2) is 8.39. The van der Waals surface area contributed by atoms with Crippen molar-refractivity contribution in [3.63, 3.8) is 0 Å². The van der Waals surface area contributed by atoms with Crippen LogP contribution in [0.1, 0.15) is 28.7 Å². The molecule has 148 valence electrons. The maximum absolute atomic E-state index is 12.6. The molecule has 2 heterocycles. The van der Waals surface area contributed by atoms with Crippen LogP contribution in [0.5, 0.6) is 5.75 Å². The van der Waals surface area contributed by atoms with Gasteiger partial charge in [0.15, 0.2) is 5.13 Å². The van der Waals surface area contributed by atoms with Crippen molar-refractivity contribution in [3.8, 4) is 5.75 Å². The number of nitrogens with zero attached hydrogens (tertiary/aromatic N) is 2. The Bertz CT molecular complexity index is 911. The molecule has 0 aliphatic carbocycles. The first kappa shape index (κ1) is 19.8. The topological polar surface area (TPSA) is 97.8 Å². The molecule has 1 aliphatic rings. The molecule has 0 unspecified atom stereocenters. The smallest absolute Gasteiger partial charge is 0.350 e. The molecule has 0 spiro atoms. The van der Waals surface area contributed by atoms with Gasteiger partial charge in [0.1, 0.15) is 10.6 Å². The molecule has 3 rings (SSSR count). The van der Waals surface area contributed by atoms with Crippen molar-refractivity contribution in [1.29, 1.82) is 0 Å². The van der Waals surface area contributed by atoms with Crippen molar-refractivity contribution in [2.24, 2.45) is 5.92 Å². The third kappa shape index (κ3) is 4.14. The Morgan fingerprint density at radius 2 is 2.18 bits per heavy atom. The van der Waals surface area contributed by atoms with Crippen molar-refractivity contribution >= 4 is 39.9 Å². The monoisotopic (exact) mass is 403 g/mol. The highest BCUT2D eigenvalue weighted by molar-refractivity contribution is 7.17. The van der Waals surface area contributed by atoms with E-state index in [-0.39, 0.29) is 31.4 Å². The van der Waals surface area contributed by atoms with Crippen molar-refractivity contribution < 1.29 is 23.9 Å². The van der Waals surface area contributed by atoms with E-state index in [1.54, 1.807) is 50.1 Å². The molecule has 1 saturated heterocycles. The minimum Gasteiger partial charge on any atom is -0.497 e. The molecule has 0 saturated carbocycles. The van der Waals surface area contributed by atoms with E-state index in [1.807, 2.05) is 0 Å². The zero-order valence-corrected chi connectivity index (χ0v) is 16.7. The van der Waals surface area contributed by atoms with Gasteiger partial charge < -0.3 is 19.7 Å². The predicted molar refractivity (Wildman–Crippen MR) is 105 cm³/mol. The van der Waals surface area contributed by atoms with Crippen molar-refractivity contribution in [2.45, 2.75) is 20.3 Å². The molecule has 2 amide bonds. The van der Waals surface area contributed by atoms with Gasteiger partial charge in [0.25, 0.3) is 0 Å². The SMILES string of the molecule is CCOC(=O)c1sc(NC(=O)[C@H]2CC(=O)N(c3cccc(OC)c3)C2)nc1C. The maximum atomic E-state index is 12.6. The average Bonchev–Trinajstić information content (AvgIpc) is 3.24. The van der Waals surface area contributed by atoms with Crippen molar-refractivity contribution in [2.75, 3.05) is 30.5 Å². The molecular weight excluding hydrogens is 382 g/mol. The van der Waals surface area contributed by atoms with Crippen LogP contribution in [0.15, 0.2) is 24.3 Å². The molecule has 1 atom stereocenters. The van der Waals surface area contributed by atoms with Gasteiger partial charge in [-0.3, -0.25) is 9.59 Å². The maximum Gasteiger partial charge on any atom is 0.350 e. The second-order valence-corrected chi connectivity index (χ2v) is 7.25. The molecule has 8 nitrogen and oxygen atoms in total. The highest BCUT2D eigenvalue weighted by Gasteiger charge is 2.35. The molecule has 1 aliphatic heterocycles. The summed E-state index contributed by atoms with van der Waals surface area (Å²) in [4.78, 5) is 43.0. The van der Waals surface area contributed by atoms with Gasteiger partial charge in [-0.25, -0.2) is 9.78 Å². The van der Waals surface area contributed by atoms with E-state index in [2.05, 4.69) is 10.3 Å². The van der Waals surface area contributed by atoms with Gasteiger partial charge in [0, 0.05) is 24.7 Å². The van der Waals surface area contributed by atoms with Crippen LogP contribution in [0.3, 0.4) is 0 Å². The lowest BCUT2D eigenvalue weighted by molar-refractivity contribution is -0.122. The largest absolute Gasteiger partial charge is 0.497 e. The predicted octanol–water partition coefficient (Wildman–Crippen LogP) is 2.63. The molecule has 0 radical (unpaired) electrons. The Balaban J connectivity index is 1.68. The van der Waals surface area contributed by atoms with Crippen molar-refractivity contribution in [3.05, 3.63) is 34.8 Å². The van der Waals surface area contributed by atoms with Gasteiger partial charge in [-0.05, 0) is 26.0 Å². The number of amides is 2. The summed E-state index contributed by atoms with van der Waals surface area (Å²) in [5, 5.41) is 3.03. The molecule has 1 fully saturated rings. The zero-order valence-electron chi connectivity index (χ0n) is 15.9. The van der Waals surface area contributed by atoms with E-state index in [4.69, 9.17) is 9.47 Å². The third-order valence-electron chi connectivity index (χ3n) is 4.35. The van der Waals surface area contributed by atoms with E-state index in [1.165, 1.54) is 0 Å². The van der Waals surface area contributed by atoms with E-state index >= 15 is 0 Å². The molecule has 2 aromatic rings. The van der Waals surface area contributed by atoms with Crippen LogP contribution < -0.4 is 15.0 Å². The highest BCUT2D eigenvalue weighted by Crippen LogP contribution is 2.29. The lowest BCUT2D eigenvalue weighted by atomic mass is 10.1. The number of methoxy groups -OCH3 is 1. The molecule has 28 heavy (non-hydrogen) atoms. The van der Waals surface area contributed by atoms with Gasteiger partial charge >= 0.3 is 5.97 Å². The van der Waals surface area contributed by atoms with E-state index in [0.29, 0.717) is 27.1 Å². The minimum absolute atomic E-state index is 0.109. The Hall–Kier alpha value is -2.94. The standard InChI is InChI=1S/C19H21N3O5S/c1-4-27-18(25)16-11(2)20-19(28-16)21-17(24)12-8-15(23)22(10-12)13-6-5-7-14(9-13)26-3/h5-7,9,12H,4,8,10H2,1-3H3,(H,20,21,24)/t12-/m0/s1. The fourth-order valence-electron chi connectivity index (χ4n) is 2.95. The van der Waals surface area contributed by atoms with Crippen LogP contribution in [0, 0.1) is 12.8 Å². The molecular formula is C19H21N3O5S. The van der Waals surface area contributed by atoms with E-state index in [9.17, 15) is 14.4 Å². The lowest BCUT2D eigenvalue weighted by Crippen LogP contribution is -2.28. The summed E-state index contributed by atoms with van der Waals surface area (Å²) in [6.45, 7) is 3.94. The number of thiazole rings is 1. The molecule has 0 bridgehead atoms. The van der Waals surface area contributed by atoms with Gasteiger partial charge in [-0.15, -0.1) is 0 Å². The number of esters is 1. The van der Waals surface area contributed by atoms with E-state index < -0.39 is 11.9 Å². The number of ether oxygens (including phenoxy) is 2. The number of hydrogen-bond donors (Lipinski definition) is 1. The summed E-state index contributed by atoms with van der Waals surface area (Å²) in [7, 11) is 1.56. The summed E-state index contributed by atoms with van der Waals surface area (Å²) in [5.41, 5.74) is 1.19. The Morgan fingerprint density at radius 1 is 1.39 bits per heavy atom. The van der Waals surface area contributed by atoms with Gasteiger partial charge in [0.05, 0.1) is 25.3 Å². The Labute approximate surface area is 166 Å². The zero-order chi connectivity index (χ0) is 20.3. The summed E-state index contributed by atoms with van der Waals surface area (Å²) >= 11 is 1.06. The normalized spacial score (nSPS) is 16.2. The fourth-order valence-corrected chi connectivity index (χ4v) is 3.82. The summed E-state index contributed by atoms with van der Waals surface area (Å²) < 4.78 is 10.2. The van der Waals surface area contributed by atoms with Crippen LogP contribution in [0.4, 0.5) is 10.8 Å². The molecule has 1 aromatic carbocycles. The first-order valence-electron chi connectivity index (χ1n) is 8.82. The molecule has 9 heteroatoms. The van der Waals surface area contributed by atoms with Crippen LogP contribution >= 0.6 is 11.3 Å². The average molecular weight is 403 g/mol. The first-order chi connectivity index (χ1) is 13.4. The first-order valence-corrected chi connectivity index (χ1v) is 9.64. The fraction of sp³-hybridized carbons (Fsp3) is 0.368. The van der Waals surface area contributed by atoms with Crippen LogP contribution in [-0.4, -0.2) is 43.0 Å². The van der Waals surface area contributed by atoms with Crippen molar-refractivity contribution in [1.82, 2.24) is 4.98 Å². The number of rotatable bonds is 6. The highest BCUT2D eigenvalue weighted by atomic mass is 32.1. The number of hydrogen-bond acceptors (Lipinski definition) is 7. The summed E-state index contributed by atoms with van der Waals surface area (Å²) in [6.07, 6.45) is 0.109. The summed E-state index contributed by atoms with van der Waals surface area (Å²) in [5.74, 6) is -0.756. The molecule has 1 N–H and O–H groups in total. The van der Waals surface area contributed by atoms with E-state index in [0.717, 1.165) is 11.3 Å². The van der Waals surface area contributed by atoms with Gasteiger partial charge in [-0.1, -0.05) is 17.4 Å². The number of carbonyl (C=O) groups is 3. The van der Waals surface area contributed by atoms with Gasteiger partial charge in [0.2, 0.25) is 11.8 Å². The number of carbonyl (C=O) groups excluding carboxylic acids is 3. The van der Waals surface area contributed by atoms with Gasteiger partial charge in [-0.2, -0.15) is 0 Å². The van der Waals surface area contributed by atoms with Crippen LogP contribution in [-0.2, 0) is 14.3 Å². The number of anilines is 2. The Kier molecular flexibility index (Phi) is 5.93. The number of aromatic nitrogens is 1. The second-order valence-electron chi connectivity index (χ2n) is 6.25. The molecule has 1 aromatic heterocycles. The lowest BCUT2D eigenvalue weighted by Gasteiger charge is -2.17. The summed E-state index contributed by atoms with van der Waals surface area (Å²) in [6, 6.07) is 7.15. The third-order valence-corrected chi connectivity index (χ3v) is 5.40. The van der Waals surface area contributed by atoms with Crippen LogP contribution in [0.25, 0.3) is 0 Å². The number of aryl methyl sites for hydroxylation is 1. The number of benzene rings is 1. The quantitative estimate of drug-likeness (QED) is 0.745. The minimum atomic E-state index is -0.506. The number of nitrogens with one attached hydrogen (secondary N) is 1.